The maximum Gasteiger partial charge on any atom is 0.183 e. The summed E-state index contributed by atoms with van der Waals surface area (Å²) in [4.78, 5) is 0. The lowest BCUT2D eigenvalue weighted by Crippen LogP contribution is -2.20. The highest BCUT2D eigenvalue weighted by molar-refractivity contribution is 5.71. The van der Waals surface area contributed by atoms with Gasteiger partial charge >= 0.3 is 0 Å². The van der Waals surface area contributed by atoms with Gasteiger partial charge in [0.05, 0.1) is 0 Å². The largest absolute Gasteiger partial charge is 0.381 e. The lowest BCUT2D eigenvalue weighted by Gasteiger charge is -2.03. The van der Waals surface area contributed by atoms with E-state index in [4.69, 9.17) is 14.9 Å². The SMILES string of the molecule is CCCOCCCCOCCC.N=C(N)N. The monoisotopic (exact) mass is 233 g/mol. The summed E-state index contributed by atoms with van der Waals surface area (Å²) in [5, 5.41) is 6.06. The predicted molar refractivity (Wildman–Crippen MR) is 67.6 cm³/mol. The van der Waals surface area contributed by atoms with Gasteiger partial charge in [0.15, 0.2) is 5.96 Å². The van der Waals surface area contributed by atoms with E-state index in [0.717, 1.165) is 52.1 Å². The van der Waals surface area contributed by atoms with E-state index >= 15 is 0 Å². The minimum absolute atomic E-state index is 0.333. The topological polar surface area (TPSA) is 94.3 Å². The fraction of sp³-hybridized carbons (Fsp3) is 0.909. The molecule has 0 aliphatic carbocycles. The van der Waals surface area contributed by atoms with Crippen molar-refractivity contribution in [2.24, 2.45) is 11.5 Å². The van der Waals surface area contributed by atoms with Crippen LogP contribution in [0.4, 0.5) is 0 Å². The van der Waals surface area contributed by atoms with Crippen LogP contribution in [-0.4, -0.2) is 32.4 Å². The van der Waals surface area contributed by atoms with Crippen molar-refractivity contribution in [1.29, 1.82) is 5.41 Å². The molecule has 0 rings (SSSR count). The molecule has 0 bridgehead atoms. The Kier molecular flexibility index (Phi) is 18.3. The average Bonchev–Trinajstić information content (AvgIpc) is 2.21. The first-order chi connectivity index (χ1) is 7.65. The molecule has 16 heavy (non-hydrogen) atoms. The van der Waals surface area contributed by atoms with Crippen LogP contribution in [0.2, 0.25) is 0 Å². The second-order valence-electron chi connectivity index (χ2n) is 3.39. The molecule has 0 aromatic heterocycles. The van der Waals surface area contributed by atoms with Crippen LogP contribution in [0, 0.1) is 5.41 Å². The molecule has 0 aliphatic rings. The van der Waals surface area contributed by atoms with Gasteiger partial charge in [0, 0.05) is 26.4 Å². The summed E-state index contributed by atoms with van der Waals surface area (Å²) >= 11 is 0. The predicted octanol–water partition coefficient (Wildman–Crippen LogP) is 1.46. The molecule has 5 heteroatoms. The van der Waals surface area contributed by atoms with E-state index < -0.39 is 0 Å². The summed E-state index contributed by atoms with van der Waals surface area (Å²) in [5.74, 6) is -0.333. The molecule has 0 saturated carbocycles. The Bertz CT molecular complexity index is 129. The van der Waals surface area contributed by atoms with Crippen molar-refractivity contribution in [3.63, 3.8) is 0 Å². The normalized spacial score (nSPS) is 9.38. The first kappa shape index (κ1) is 17.6. The van der Waals surface area contributed by atoms with E-state index in [1.165, 1.54) is 0 Å². The van der Waals surface area contributed by atoms with E-state index in [0.29, 0.717) is 0 Å². The van der Waals surface area contributed by atoms with E-state index in [2.05, 4.69) is 25.3 Å². The van der Waals surface area contributed by atoms with Gasteiger partial charge in [0.1, 0.15) is 0 Å². The molecule has 0 unspecified atom stereocenters. The Hall–Kier alpha value is -0.810. The second kappa shape index (κ2) is 16.6. The summed E-state index contributed by atoms with van der Waals surface area (Å²) in [5.41, 5.74) is 8.94. The van der Waals surface area contributed by atoms with E-state index in [1.54, 1.807) is 0 Å². The van der Waals surface area contributed by atoms with Crippen molar-refractivity contribution in [2.75, 3.05) is 26.4 Å². The van der Waals surface area contributed by atoms with Gasteiger partial charge in [-0.1, -0.05) is 13.8 Å². The van der Waals surface area contributed by atoms with Crippen LogP contribution >= 0.6 is 0 Å². The van der Waals surface area contributed by atoms with Crippen molar-refractivity contribution in [1.82, 2.24) is 0 Å². The van der Waals surface area contributed by atoms with Gasteiger partial charge in [-0.2, -0.15) is 0 Å². The highest BCUT2D eigenvalue weighted by Gasteiger charge is 1.89. The third-order valence-electron chi connectivity index (χ3n) is 1.52. The van der Waals surface area contributed by atoms with Gasteiger partial charge in [-0.05, 0) is 25.7 Å². The molecule has 0 saturated heterocycles. The smallest absolute Gasteiger partial charge is 0.183 e. The summed E-state index contributed by atoms with van der Waals surface area (Å²) in [6.45, 7) is 7.84. The van der Waals surface area contributed by atoms with Crippen LogP contribution in [-0.2, 0) is 9.47 Å². The Balaban J connectivity index is 0. The zero-order valence-corrected chi connectivity index (χ0v) is 10.6. The van der Waals surface area contributed by atoms with Crippen LogP contribution in [0.15, 0.2) is 0 Å². The first-order valence-electron chi connectivity index (χ1n) is 5.90. The fourth-order valence-electron chi connectivity index (χ4n) is 0.901. The van der Waals surface area contributed by atoms with Gasteiger partial charge < -0.3 is 20.9 Å². The molecule has 0 aliphatic heterocycles. The summed E-state index contributed by atoms with van der Waals surface area (Å²) in [6, 6.07) is 0. The maximum atomic E-state index is 6.06. The third kappa shape index (κ3) is 29.2. The van der Waals surface area contributed by atoms with Crippen molar-refractivity contribution in [2.45, 2.75) is 39.5 Å². The number of nitrogens with two attached hydrogens (primary N) is 2. The minimum Gasteiger partial charge on any atom is -0.381 e. The molecule has 0 atom stereocenters. The molecule has 0 amide bonds. The van der Waals surface area contributed by atoms with Crippen molar-refractivity contribution in [3.05, 3.63) is 0 Å². The molecular weight excluding hydrogens is 206 g/mol. The quantitative estimate of drug-likeness (QED) is 0.319. The number of hydrogen-bond acceptors (Lipinski definition) is 3. The van der Waals surface area contributed by atoms with Gasteiger partial charge in [-0.3, -0.25) is 5.41 Å². The number of nitrogens with one attached hydrogen (secondary N) is 1. The van der Waals surface area contributed by atoms with Crippen LogP contribution in [0.25, 0.3) is 0 Å². The second-order valence-corrected chi connectivity index (χ2v) is 3.39. The highest BCUT2D eigenvalue weighted by atomic mass is 16.5. The van der Waals surface area contributed by atoms with Crippen molar-refractivity contribution < 1.29 is 9.47 Å². The Morgan fingerprint density at radius 3 is 1.44 bits per heavy atom. The molecule has 5 nitrogen and oxygen atoms in total. The fourth-order valence-corrected chi connectivity index (χ4v) is 0.901. The van der Waals surface area contributed by atoms with E-state index in [9.17, 15) is 0 Å². The zero-order chi connectivity index (χ0) is 12.6. The van der Waals surface area contributed by atoms with Crippen LogP contribution in [0.3, 0.4) is 0 Å². The zero-order valence-electron chi connectivity index (χ0n) is 10.6. The highest BCUT2D eigenvalue weighted by Crippen LogP contribution is 1.92. The number of guanidine groups is 1. The number of ether oxygens (including phenoxy) is 2. The van der Waals surface area contributed by atoms with E-state index in [1.807, 2.05) is 0 Å². The third-order valence-corrected chi connectivity index (χ3v) is 1.52. The lowest BCUT2D eigenvalue weighted by molar-refractivity contribution is 0.103. The molecule has 0 heterocycles. The number of hydrogen-bond donors (Lipinski definition) is 3. The van der Waals surface area contributed by atoms with Crippen molar-refractivity contribution in [3.8, 4) is 0 Å². The van der Waals surface area contributed by atoms with Gasteiger partial charge in [-0.15, -0.1) is 0 Å². The first-order valence-corrected chi connectivity index (χ1v) is 5.90. The van der Waals surface area contributed by atoms with Crippen molar-refractivity contribution >= 4 is 5.96 Å². The lowest BCUT2D eigenvalue weighted by atomic mass is 10.3. The Morgan fingerprint density at radius 2 is 1.19 bits per heavy atom. The molecule has 0 aromatic rings. The maximum absolute atomic E-state index is 6.06. The van der Waals surface area contributed by atoms with Gasteiger partial charge in [-0.25, -0.2) is 0 Å². The molecule has 0 radical (unpaired) electrons. The molecule has 0 spiro atoms. The molecule has 0 aromatic carbocycles. The van der Waals surface area contributed by atoms with Crippen LogP contribution < -0.4 is 11.5 Å². The van der Waals surface area contributed by atoms with Crippen LogP contribution in [0.1, 0.15) is 39.5 Å². The van der Waals surface area contributed by atoms with Crippen LogP contribution in [0.5, 0.6) is 0 Å². The Morgan fingerprint density at radius 1 is 0.875 bits per heavy atom. The van der Waals surface area contributed by atoms with E-state index in [-0.39, 0.29) is 5.96 Å². The molecular formula is C11H27N3O2. The molecule has 98 valence electrons. The molecule has 0 fully saturated rings. The summed E-state index contributed by atoms with van der Waals surface area (Å²) in [7, 11) is 0. The average molecular weight is 233 g/mol. The summed E-state index contributed by atoms with van der Waals surface area (Å²) in [6.07, 6.45) is 4.49. The Labute approximate surface area is 99.0 Å². The minimum atomic E-state index is -0.333. The van der Waals surface area contributed by atoms with Gasteiger partial charge in [0.2, 0.25) is 0 Å². The number of unbranched alkanes of at least 4 members (excludes halogenated alkanes) is 1. The summed E-state index contributed by atoms with van der Waals surface area (Å²) < 4.78 is 10.7. The van der Waals surface area contributed by atoms with Gasteiger partial charge in [0.25, 0.3) is 0 Å². The standard InChI is InChI=1S/C10H22O2.CH5N3/c1-3-7-11-9-5-6-10-12-8-4-2;2-1(3)4/h3-10H2,1-2H3;(H5,2,3,4). The molecule has 5 N–H and O–H groups in total. The number of rotatable bonds is 9.